The van der Waals surface area contributed by atoms with Gasteiger partial charge in [0.05, 0.1) is 0 Å². The number of hydrogen-bond donors (Lipinski definition) is 0. The van der Waals surface area contributed by atoms with E-state index < -0.39 is 0 Å². The van der Waals surface area contributed by atoms with Gasteiger partial charge >= 0.3 is 0 Å². The molecule has 0 heteroatoms. The molecule has 0 aromatic heterocycles. The molecule has 2 aromatic carbocycles. The molecule has 0 saturated carbocycles. The average Bonchev–Trinajstić information content (AvgIpc) is 2.41. The zero-order chi connectivity index (χ0) is 11.6. The van der Waals surface area contributed by atoms with E-state index in [0.717, 1.165) is 12.8 Å². The lowest BCUT2D eigenvalue weighted by Gasteiger charge is -2.01. The molecule has 16 heavy (non-hydrogen) atoms. The first-order valence-corrected chi connectivity index (χ1v) is 5.36. The molecule has 0 fully saturated rings. The van der Waals surface area contributed by atoms with E-state index in [1.54, 1.807) is 0 Å². The van der Waals surface area contributed by atoms with Crippen molar-refractivity contribution in [1.29, 1.82) is 0 Å². The summed E-state index contributed by atoms with van der Waals surface area (Å²) >= 11 is 0. The van der Waals surface area contributed by atoms with Crippen molar-refractivity contribution in [2.24, 2.45) is 0 Å². The van der Waals surface area contributed by atoms with Crippen LogP contribution in [0, 0.1) is 12.8 Å². The van der Waals surface area contributed by atoms with Gasteiger partial charge in [-0.1, -0.05) is 60.7 Å². The molecule has 2 aromatic rings. The second-order valence-corrected chi connectivity index (χ2v) is 3.47. The van der Waals surface area contributed by atoms with E-state index in [1.165, 1.54) is 11.1 Å². The second-order valence-electron chi connectivity index (χ2n) is 3.47. The second kappa shape index (κ2) is 7.31. The first kappa shape index (κ1) is 12.1. The van der Waals surface area contributed by atoms with Crippen molar-refractivity contribution in [1.82, 2.24) is 0 Å². The largest absolute Gasteiger partial charge is 0.124 e. The lowest BCUT2D eigenvalue weighted by Crippen LogP contribution is -1.89. The van der Waals surface area contributed by atoms with Crippen LogP contribution in [0.1, 0.15) is 11.1 Å². The molecule has 0 saturated heterocycles. The van der Waals surface area contributed by atoms with Gasteiger partial charge in [-0.25, -0.2) is 0 Å². The first-order valence-electron chi connectivity index (χ1n) is 5.36. The number of rotatable bonds is 3. The fraction of sp³-hybridized carbons (Fsp3) is 0.125. The van der Waals surface area contributed by atoms with Crippen molar-refractivity contribution < 1.29 is 0 Å². The van der Waals surface area contributed by atoms with Gasteiger partial charge in [-0.15, -0.1) is 12.8 Å². The van der Waals surface area contributed by atoms with Crippen LogP contribution in [0.4, 0.5) is 0 Å². The quantitative estimate of drug-likeness (QED) is 0.674. The van der Waals surface area contributed by atoms with Gasteiger partial charge in [0, 0.05) is 0 Å². The third-order valence-electron chi connectivity index (χ3n) is 2.39. The van der Waals surface area contributed by atoms with Crippen LogP contribution in [0.25, 0.3) is 0 Å². The maximum absolute atomic E-state index is 4.00. The third-order valence-corrected chi connectivity index (χ3v) is 2.39. The standard InChI is InChI=1S/C14H14.C2H2/c1-3-7-13(8-4-1)11-12-14-9-5-2-6-10-14;1-2/h1-10H,11-12H2;1-2H. The maximum atomic E-state index is 4.00. The lowest BCUT2D eigenvalue weighted by atomic mass is 10.0. The van der Waals surface area contributed by atoms with Crippen molar-refractivity contribution in [3.63, 3.8) is 0 Å². The first-order chi connectivity index (χ1) is 7.95. The zero-order valence-corrected chi connectivity index (χ0v) is 9.34. The molecular weight excluding hydrogens is 192 g/mol. The third kappa shape index (κ3) is 4.02. The highest BCUT2D eigenvalue weighted by Gasteiger charge is 1.93. The molecule has 0 aliphatic carbocycles. The van der Waals surface area contributed by atoms with Crippen LogP contribution in [0.15, 0.2) is 60.7 Å². The monoisotopic (exact) mass is 208 g/mol. The molecule has 0 bridgehead atoms. The predicted octanol–water partition coefficient (Wildman–Crippen LogP) is 3.72. The Hall–Kier alpha value is -2.00. The fourth-order valence-electron chi connectivity index (χ4n) is 1.58. The van der Waals surface area contributed by atoms with Gasteiger partial charge in [-0.2, -0.15) is 0 Å². The molecular formula is C16H16. The number of terminal acetylenes is 1. The normalized spacial score (nSPS) is 8.88. The van der Waals surface area contributed by atoms with Crippen LogP contribution in [0.3, 0.4) is 0 Å². The minimum absolute atomic E-state index is 1.13. The summed E-state index contributed by atoms with van der Waals surface area (Å²) in [6.07, 6.45) is 10.3. The van der Waals surface area contributed by atoms with Crippen molar-refractivity contribution in [3.8, 4) is 12.8 Å². The topological polar surface area (TPSA) is 0 Å². The van der Waals surface area contributed by atoms with Crippen LogP contribution < -0.4 is 0 Å². The molecule has 0 N–H and O–H groups in total. The molecule has 0 amide bonds. The Morgan fingerprint density at radius 2 is 0.875 bits per heavy atom. The molecule has 0 aliphatic rings. The van der Waals surface area contributed by atoms with E-state index in [0.29, 0.717) is 0 Å². The Labute approximate surface area is 98.0 Å². The molecule has 0 spiro atoms. The van der Waals surface area contributed by atoms with Gasteiger partial charge in [-0.3, -0.25) is 0 Å². The highest BCUT2D eigenvalue weighted by molar-refractivity contribution is 5.19. The SMILES string of the molecule is C#C.c1ccc(CCc2ccccc2)cc1. The molecule has 80 valence electrons. The van der Waals surface area contributed by atoms with E-state index in [9.17, 15) is 0 Å². The summed E-state index contributed by atoms with van der Waals surface area (Å²) in [5.41, 5.74) is 2.83. The van der Waals surface area contributed by atoms with Crippen molar-refractivity contribution in [3.05, 3.63) is 71.8 Å². The van der Waals surface area contributed by atoms with E-state index in [-0.39, 0.29) is 0 Å². The summed E-state index contributed by atoms with van der Waals surface area (Å²) in [4.78, 5) is 0. The van der Waals surface area contributed by atoms with Crippen LogP contribution in [0.2, 0.25) is 0 Å². The summed E-state index contributed by atoms with van der Waals surface area (Å²) in [6, 6.07) is 21.2. The maximum Gasteiger partial charge on any atom is -0.0238 e. The average molecular weight is 208 g/mol. The molecule has 0 nitrogen and oxygen atoms in total. The van der Waals surface area contributed by atoms with Gasteiger partial charge in [-0.05, 0) is 24.0 Å². The fourth-order valence-corrected chi connectivity index (χ4v) is 1.58. The highest BCUT2D eigenvalue weighted by Crippen LogP contribution is 2.06. The molecule has 0 aliphatic heterocycles. The summed E-state index contributed by atoms with van der Waals surface area (Å²) in [6.45, 7) is 0. The summed E-state index contributed by atoms with van der Waals surface area (Å²) in [5.74, 6) is 0. The Balaban J connectivity index is 0.000000606. The zero-order valence-electron chi connectivity index (χ0n) is 9.34. The van der Waals surface area contributed by atoms with Crippen LogP contribution in [-0.4, -0.2) is 0 Å². The number of benzene rings is 2. The summed E-state index contributed by atoms with van der Waals surface area (Å²) in [7, 11) is 0. The Morgan fingerprint density at radius 1 is 0.562 bits per heavy atom. The number of aryl methyl sites for hydroxylation is 2. The molecule has 0 atom stereocenters. The molecule has 2 rings (SSSR count). The van der Waals surface area contributed by atoms with Gasteiger partial charge in [0.2, 0.25) is 0 Å². The van der Waals surface area contributed by atoms with Crippen LogP contribution in [-0.2, 0) is 12.8 Å². The van der Waals surface area contributed by atoms with Crippen molar-refractivity contribution in [2.45, 2.75) is 12.8 Å². The van der Waals surface area contributed by atoms with Gasteiger partial charge in [0.25, 0.3) is 0 Å². The van der Waals surface area contributed by atoms with E-state index in [4.69, 9.17) is 0 Å². The Bertz CT molecular complexity index is 358. The predicted molar refractivity (Wildman–Crippen MR) is 70.2 cm³/mol. The lowest BCUT2D eigenvalue weighted by molar-refractivity contribution is 0.960. The minimum Gasteiger partial charge on any atom is -0.124 e. The van der Waals surface area contributed by atoms with Crippen molar-refractivity contribution >= 4 is 0 Å². The van der Waals surface area contributed by atoms with E-state index in [1.807, 2.05) is 0 Å². The van der Waals surface area contributed by atoms with Gasteiger partial charge in [0.1, 0.15) is 0 Å². The smallest absolute Gasteiger partial charge is 0.0238 e. The Morgan fingerprint density at radius 3 is 1.19 bits per heavy atom. The van der Waals surface area contributed by atoms with Crippen LogP contribution >= 0.6 is 0 Å². The summed E-state index contributed by atoms with van der Waals surface area (Å²) in [5, 5.41) is 0. The molecule has 0 unspecified atom stereocenters. The van der Waals surface area contributed by atoms with E-state index in [2.05, 4.69) is 73.5 Å². The van der Waals surface area contributed by atoms with Crippen molar-refractivity contribution in [2.75, 3.05) is 0 Å². The minimum atomic E-state index is 1.13. The van der Waals surface area contributed by atoms with Gasteiger partial charge < -0.3 is 0 Å². The number of hydrogen-bond acceptors (Lipinski definition) is 0. The Kier molecular flexibility index (Phi) is 5.52. The highest BCUT2D eigenvalue weighted by atomic mass is 14.0. The van der Waals surface area contributed by atoms with Gasteiger partial charge in [0.15, 0.2) is 0 Å². The van der Waals surface area contributed by atoms with E-state index >= 15 is 0 Å². The van der Waals surface area contributed by atoms with Crippen LogP contribution in [0.5, 0.6) is 0 Å². The molecule has 0 heterocycles. The molecule has 0 radical (unpaired) electrons. The summed E-state index contributed by atoms with van der Waals surface area (Å²) < 4.78 is 0.